The summed E-state index contributed by atoms with van der Waals surface area (Å²) in [6.07, 6.45) is 2.37. The Morgan fingerprint density at radius 2 is 1.95 bits per heavy atom. The summed E-state index contributed by atoms with van der Waals surface area (Å²) in [5.74, 6) is -1.33. The summed E-state index contributed by atoms with van der Waals surface area (Å²) in [5.41, 5.74) is 0.707. The van der Waals surface area contributed by atoms with Crippen LogP contribution in [0.2, 0.25) is 0 Å². The fourth-order valence-corrected chi connectivity index (χ4v) is 2.19. The van der Waals surface area contributed by atoms with Gasteiger partial charge in [-0.1, -0.05) is 12.1 Å². The maximum atomic E-state index is 12.8. The van der Waals surface area contributed by atoms with Gasteiger partial charge in [0, 0.05) is 12.4 Å². The number of carbonyl (C=O) groups is 2. The van der Waals surface area contributed by atoms with Gasteiger partial charge in [0.05, 0.1) is 17.8 Å². The molecule has 0 saturated heterocycles. The number of alkyl halides is 2. The molecular formula is C13H9F2N3O2. The lowest BCUT2D eigenvalue weighted by Crippen LogP contribution is -2.30. The molecule has 5 nitrogen and oxygen atoms in total. The third-order valence-corrected chi connectivity index (χ3v) is 3.14. The summed E-state index contributed by atoms with van der Waals surface area (Å²) in [6, 6.07) is 6.47. The number of carbonyl (C=O) groups excluding carboxylic acids is 2. The van der Waals surface area contributed by atoms with Crippen LogP contribution in [-0.4, -0.2) is 21.2 Å². The molecule has 0 fully saturated rings. The van der Waals surface area contributed by atoms with Crippen LogP contribution in [-0.2, 0) is 11.3 Å². The molecule has 3 rings (SSSR count). The lowest BCUT2D eigenvalue weighted by atomic mass is 10.1. The number of fused-ring (bicyclic) bond motifs is 1. The van der Waals surface area contributed by atoms with Crippen LogP contribution in [0.5, 0.6) is 0 Å². The van der Waals surface area contributed by atoms with Gasteiger partial charge in [-0.15, -0.1) is 0 Å². The van der Waals surface area contributed by atoms with Gasteiger partial charge in [0.2, 0.25) is 0 Å². The summed E-state index contributed by atoms with van der Waals surface area (Å²) in [4.78, 5) is 28.7. The Bertz CT molecular complexity index is 696. The minimum atomic E-state index is -2.74. The highest BCUT2D eigenvalue weighted by Crippen LogP contribution is 2.30. The van der Waals surface area contributed by atoms with E-state index < -0.39 is 18.2 Å². The Morgan fingerprint density at radius 3 is 2.70 bits per heavy atom. The summed E-state index contributed by atoms with van der Waals surface area (Å²) < 4.78 is 26.2. The minimum absolute atomic E-state index is 0.0258. The van der Waals surface area contributed by atoms with Crippen LogP contribution in [0.4, 0.5) is 14.5 Å². The van der Waals surface area contributed by atoms with Crippen molar-refractivity contribution in [2.45, 2.75) is 13.1 Å². The molecule has 2 aromatic rings. The number of Topliss-reactive ketones (excluding diaryl/α,β-unsaturated/α-hetero) is 1. The fourth-order valence-electron chi connectivity index (χ4n) is 2.19. The van der Waals surface area contributed by atoms with Crippen LogP contribution >= 0.6 is 0 Å². The number of amides is 1. The molecule has 1 aliphatic heterocycles. The first-order valence-corrected chi connectivity index (χ1v) is 5.84. The number of rotatable bonds is 3. The normalized spacial score (nSPS) is 14.2. The predicted octanol–water partition coefficient (Wildman–Crippen LogP) is 2.01. The first-order chi connectivity index (χ1) is 9.59. The average molecular weight is 277 g/mol. The first-order valence-electron chi connectivity index (χ1n) is 5.84. The zero-order chi connectivity index (χ0) is 14.3. The number of ketones is 1. The van der Waals surface area contributed by atoms with Crippen molar-refractivity contribution in [1.82, 2.24) is 9.55 Å². The fraction of sp³-hybridized carbons (Fsp3) is 0.154. The highest BCUT2D eigenvalue weighted by molar-refractivity contribution is 6.52. The van der Waals surface area contributed by atoms with E-state index in [4.69, 9.17) is 0 Å². The van der Waals surface area contributed by atoms with Crippen molar-refractivity contribution in [2.24, 2.45) is 0 Å². The summed E-state index contributed by atoms with van der Waals surface area (Å²) in [6.45, 7) is -2.91. The third kappa shape index (κ3) is 1.78. The molecule has 0 bridgehead atoms. The molecule has 1 aliphatic rings. The second kappa shape index (κ2) is 4.52. The molecule has 0 N–H and O–H groups in total. The zero-order valence-corrected chi connectivity index (χ0v) is 10.2. The van der Waals surface area contributed by atoms with E-state index in [1.165, 1.54) is 17.2 Å². The van der Waals surface area contributed by atoms with Gasteiger partial charge < -0.3 is 0 Å². The monoisotopic (exact) mass is 277 g/mol. The van der Waals surface area contributed by atoms with Crippen molar-refractivity contribution in [3.8, 4) is 0 Å². The van der Waals surface area contributed by atoms with Crippen LogP contribution < -0.4 is 4.90 Å². The van der Waals surface area contributed by atoms with E-state index in [1.54, 1.807) is 18.2 Å². The number of hydrogen-bond acceptors (Lipinski definition) is 3. The summed E-state index contributed by atoms with van der Waals surface area (Å²) in [7, 11) is 0. The number of imidazole rings is 1. The van der Waals surface area contributed by atoms with E-state index in [0.717, 1.165) is 6.20 Å². The Labute approximate surface area is 112 Å². The number of benzene rings is 1. The highest BCUT2D eigenvalue weighted by atomic mass is 19.3. The molecule has 7 heteroatoms. The quantitative estimate of drug-likeness (QED) is 0.806. The number of halogens is 2. The van der Waals surface area contributed by atoms with Crippen molar-refractivity contribution < 1.29 is 18.4 Å². The summed E-state index contributed by atoms with van der Waals surface area (Å²) in [5, 5.41) is 0. The minimum Gasteiger partial charge on any atom is -0.297 e. The number of hydrogen-bond donors (Lipinski definition) is 0. The molecular weight excluding hydrogens is 268 g/mol. The molecule has 0 saturated carbocycles. The molecule has 2 heterocycles. The molecule has 1 amide bonds. The Kier molecular flexibility index (Phi) is 2.81. The molecule has 20 heavy (non-hydrogen) atoms. The molecule has 0 atom stereocenters. The van der Waals surface area contributed by atoms with Gasteiger partial charge in [-0.2, -0.15) is 8.78 Å². The zero-order valence-electron chi connectivity index (χ0n) is 10.2. The van der Waals surface area contributed by atoms with Crippen molar-refractivity contribution in [2.75, 3.05) is 4.90 Å². The highest BCUT2D eigenvalue weighted by Gasteiger charge is 2.36. The molecule has 0 aliphatic carbocycles. The molecule has 1 aromatic carbocycles. The van der Waals surface area contributed by atoms with Gasteiger partial charge in [-0.3, -0.25) is 19.1 Å². The largest absolute Gasteiger partial charge is 0.319 e. The van der Waals surface area contributed by atoms with E-state index in [2.05, 4.69) is 4.98 Å². The Hall–Kier alpha value is -2.57. The Morgan fingerprint density at radius 1 is 1.20 bits per heavy atom. The van der Waals surface area contributed by atoms with Crippen LogP contribution in [0.1, 0.15) is 22.7 Å². The first kappa shape index (κ1) is 12.5. The van der Waals surface area contributed by atoms with Crippen molar-refractivity contribution in [3.63, 3.8) is 0 Å². The molecule has 102 valence electrons. The van der Waals surface area contributed by atoms with Crippen LogP contribution in [0.15, 0.2) is 36.7 Å². The van der Waals surface area contributed by atoms with Gasteiger partial charge in [-0.25, -0.2) is 4.98 Å². The standard InChI is InChI=1S/C13H9F2N3O2/c14-13(15)17-6-5-16-10(17)7-18-9-4-2-1-3-8(9)11(19)12(18)20/h1-6,13H,7H2. The third-order valence-electron chi connectivity index (χ3n) is 3.14. The van der Waals surface area contributed by atoms with Gasteiger partial charge in [-0.05, 0) is 12.1 Å². The molecule has 0 spiro atoms. The second-order valence-electron chi connectivity index (χ2n) is 4.27. The molecule has 0 radical (unpaired) electrons. The van der Waals surface area contributed by atoms with Crippen LogP contribution in [0.3, 0.4) is 0 Å². The lowest BCUT2D eigenvalue weighted by Gasteiger charge is -2.16. The van der Waals surface area contributed by atoms with E-state index in [1.807, 2.05) is 0 Å². The van der Waals surface area contributed by atoms with E-state index in [-0.39, 0.29) is 17.9 Å². The van der Waals surface area contributed by atoms with Gasteiger partial charge in [0.15, 0.2) is 0 Å². The van der Waals surface area contributed by atoms with Crippen molar-refractivity contribution >= 4 is 17.4 Å². The topological polar surface area (TPSA) is 55.2 Å². The molecule has 0 unspecified atom stereocenters. The smallest absolute Gasteiger partial charge is 0.297 e. The number of para-hydroxylation sites is 1. The Balaban J connectivity index is 1.97. The molecule has 1 aromatic heterocycles. The van der Waals surface area contributed by atoms with Crippen LogP contribution in [0.25, 0.3) is 0 Å². The van der Waals surface area contributed by atoms with E-state index >= 15 is 0 Å². The van der Waals surface area contributed by atoms with Gasteiger partial charge >= 0.3 is 6.55 Å². The SMILES string of the molecule is O=C1C(=O)N(Cc2nccn2C(F)F)c2ccccc21. The maximum Gasteiger partial charge on any atom is 0.319 e. The number of aromatic nitrogens is 2. The van der Waals surface area contributed by atoms with Gasteiger partial charge in [0.1, 0.15) is 5.82 Å². The van der Waals surface area contributed by atoms with Gasteiger partial charge in [0.25, 0.3) is 11.7 Å². The lowest BCUT2D eigenvalue weighted by molar-refractivity contribution is -0.114. The maximum absolute atomic E-state index is 12.8. The van der Waals surface area contributed by atoms with Crippen molar-refractivity contribution in [3.05, 3.63) is 48.0 Å². The predicted molar refractivity (Wildman–Crippen MR) is 65.4 cm³/mol. The van der Waals surface area contributed by atoms with Crippen LogP contribution in [0, 0.1) is 0 Å². The average Bonchev–Trinajstić information content (AvgIpc) is 2.99. The van der Waals surface area contributed by atoms with Crippen molar-refractivity contribution in [1.29, 1.82) is 0 Å². The summed E-state index contributed by atoms with van der Waals surface area (Å²) >= 11 is 0. The second-order valence-corrected chi connectivity index (χ2v) is 4.27. The number of nitrogens with zero attached hydrogens (tertiary/aromatic N) is 3. The number of anilines is 1. The van der Waals surface area contributed by atoms with E-state index in [9.17, 15) is 18.4 Å². The van der Waals surface area contributed by atoms with E-state index in [0.29, 0.717) is 10.3 Å².